The Bertz CT molecular complexity index is 537. The maximum Gasteiger partial charge on any atom is 0.325 e. The second-order valence-corrected chi connectivity index (χ2v) is 5.20. The summed E-state index contributed by atoms with van der Waals surface area (Å²) in [6.07, 6.45) is 5.04. The van der Waals surface area contributed by atoms with Crippen LogP contribution in [0.1, 0.15) is 31.2 Å². The number of carbonyl (C=O) groups excluding carboxylic acids is 2. The summed E-state index contributed by atoms with van der Waals surface area (Å²) in [7, 11) is 0. The van der Waals surface area contributed by atoms with Gasteiger partial charge >= 0.3 is 6.03 Å². The predicted octanol–water partition coefficient (Wildman–Crippen LogP) is 1.03. The highest BCUT2D eigenvalue weighted by molar-refractivity contribution is 6.07. The molecule has 1 saturated carbocycles. The highest BCUT2D eigenvalue weighted by Gasteiger charge is 2.52. The number of hydrogen-bond acceptors (Lipinski definition) is 4. The second kappa shape index (κ2) is 4.22. The molecular weight excluding hydrogens is 244 g/mol. The molecule has 1 aliphatic heterocycles. The third kappa shape index (κ3) is 1.93. The van der Waals surface area contributed by atoms with Gasteiger partial charge in [0.05, 0.1) is 6.54 Å². The standard InChI is InChI=1S/C13H16N4O2/c14-10-7-9(3-6-15-10)8-17-11(18)13(16-12(17)19)4-1-2-5-13/h3,6-7H,1-2,4-5,8H2,(H2,14,15)(H,16,19). The minimum Gasteiger partial charge on any atom is -0.384 e. The maximum atomic E-state index is 12.4. The van der Waals surface area contributed by atoms with Crippen LogP contribution in [0, 0.1) is 0 Å². The largest absolute Gasteiger partial charge is 0.384 e. The van der Waals surface area contributed by atoms with E-state index in [0.717, 1.165) is 31.2 Å². The molecule has 0 unspecified atom stereocenters. The Balaban J connectivity index is 1.82. The number of nitrogens with two attached hydrogens (primary N) is 1. The molecule has 2 fully saturated rings. The molecule has 1 aliphatic carbocycles. The van der Waals surface area contributed by atoms with Crippen LogP contribution in [0.15, 0.2) is 18.3 Å². The lowest BCUT2D eigenvalue weighted by atomic mass is 9.98. The molecule has 1 saturated heterocycles. The predicted molar refractivity (Wildman–Crippen MR) is 68.9 cm³/mol. The zero-order valence-corrected chi connectivity index (χ0v) is 10.6. The summed E-state index contributed by atoms with van der Waals surface area (Å²) >= 11 is 0. The summed E-state index contributed by atoms with van der Waals surface area (Å²) in [5, 5.41) is 2.85. The Morgan fingerprint density at radius 3 is 2.79 bits per heavy atom. The van der Waals surface area contributed by atoms with Crippen LogP contribution >= 0.6 is 0 Å². The highest BCUT2D eigenvalue weighted by Crippen LogP contribution is 2.35. The Kier molecular flexibility index (Phi) is 2.66. The summed E-state index contributed by atoms with van der Waals surface area (Å²) in [5.41, 5.74) is 5.77. The number of anilines is 1. The Morgan fingerprint density at radius 2 is 2.11 bits per heavy atom. The minimum absolute atomic E-state index is 0.106. The van der Waals surface area contributed by atoms with Crippen molar-refractivity contribution in [2.45, 2.75) is 37.8 Å². The molecular formula is C13H16N4O2. The maximum absolute atomic E-state index is 12.4. The van der Waals surface area contributed by atoms with E-state index in [-0.39, 0.29) is 18.5 Å². The van der Waals surface area contributed by atoms with Crippen LogP contribution in [0.25, 0.3) is 0 Å². The van der Waals surface area contributed by atoms with E-state index in [0.29, 0.717) is 5.82 Å². The summed E-state index contributed by atoms with van der Waals surface area (Å²) in [5.74, 6) is 0.283. The van der Waals surface area contributed by atoms with E-state index < -0.39 is 5.54 Å². The van der Waals surface area contributed by atoms with E-state index in [1.165, 1.54) is 4.90 Å². The van der Waals surface area contributed by atoms with Crippen LogP contribution in [0.2, 0.25) is 0 Å². The highest BCUT2D eigenvalue weighted by atomic mass is 16.2. The molecule has 0 aromatic carbocycles. The number of imide groups is 1. The molecule has 3 amide bonds. The summed E-state index contributed by atoms with van der Waals surface area (Å²) in [6.45, 7) is 0.249. The topological polar surface area (TPSA) is 88.3 Å². The van der Waals surface area contributed by atoms with Gasteiger partial charge in [0.1, 0.15) is 11.4 Å². The quantitative estimate of drug-likeness (QED) is 0.777. The smallest absolute Gasteiger partial charge is 0.325 e. The number of nitrogens with one attached hydrogen (secondary N) is 1. The van der Waals surface area contributed by atoms with E-state index >= 15 is 0 Å². The van der Waals surface area contributed by atoms with E-state index in [1.54, 1.807) is 18.3 Å². The third-order valence-corrected chi connectivity index (χ3v) is 3.89. The van der Waals surface area contributed by atoms with Crippen molar-refractivity contribution in [2.75, 3.05) is 5.73 Å². The van der Waals surface area contributed by atoms with Gasteiger partial charge in [0.2, 0.25) is 0 Å². The van der Waals surface area contributed by atoms with Gasteiger partial charge in [-0.05, 0) is 30.5 Å². The first-order chi connectivity index (χ1) is 9.11. The number of carbonyl (C=O) groups is 2. The summed E-state index contributed by atoms with van der Waals surface area (Å²) in [4.78, 5) is 29.6. The van der Waals surface area contributed by atoms with Gasteiger partial charge in [-0.2, -0.15) is 0 Å². The van der Waals surface area contributed by atoms with Crippen LogP contribution in [0.3, 0.4) is 0 Å². The molecule has 1 aromatic rings. The fourth-order valence-electron chi connectivity index (χ4n) is 2.91. The van der Waals surface area contributed by atoms with Gasteiger partial charge < -0.3 is 11.1 Å². The van der Waals surface area contributed by atoms with Crippen LogP contribution in [0.4, 0.5) is 10.6 Å². The van der Waals surface area contributed by atoms with Crippen LogP contribution in [-0.2, 0) is 11.3 Å². The lowest BCUT2D eigenvalue weighted by molar-refractivity contribution is -0.131. The molecule has 0 bridgehead atoms. The number of rotatable bonds is 2. The van der Waals surface area contributed by atoms with Crippen LogP contribution in [-0.4, -0.2) is 27.4 Å². The fraction of sp³-hybridized carbons (Fsp3) is 0.462. The van der Waals surface area contributed by atoms with Crippen molar-refractivity contribution in [3.63, 3.8) is 0 Å². The van der Waals surface area contributed by atoms with Crippen molar-refractivity contribution in [2.24, 2.45) is 0 Å². The van der Waals surface area contributed by atoms with Gasteiger partial charge in [0, 0.05) is 6.20 Å². The van der Waals surface area contributed by atoms with E-state index in [9.17, 15) is 9.59 Å². The first kappa shape index (κ1) is 12.0. The lowest BCUT2D eigenvalue weighted by Crippen LogP contribution is -2.44. The van der Waals surface area contributed by atoms with Gasteiger partial charge in [-0.1, -0.05) is 12.8 Å². The molecule has 6 heteroatoms. The van der Waals surface area contributed by atoms with E-state index in [2.05, 4.69) is 10.3 Å². The SMILES string of the molecule is Nc1cc(CN2C(=O)NC3(CCCC3)C2=O)ccn1. The number of urea groups is 1. The van der Waals surface area contributed by atoms with E-state index in [1.807, 2.05) is 0 Å². The van der Waals surface area contributed by atoms with Crippen molar-refractivity contribution in [3.05, 3.63) is 23.9 Å². The normalized spacial score (nSPS) is 21.2. The fourth-order valence-corrected chi connectivity index (χ4v) is 2.91. The zero-order valence-electron chi connectivity index (χ0n) is 10.6. The average Bonchev–Trinajstić information content (AvgIpc) is 2.92. The minimum atomic E-state index is -0.643. The molecule has 19 heavy (non-hydrogen) atoms. The molecule has 3 rings (SSSR count). The molecule has 100 valence electrons. The molecule has 0 atom stereocenters. The third-order valence-electron chi connectivity index (χ3n) is 3.89. The number of amides is 3. The lowest BCUT2D eigenvalue weighted by Gasteiger charge is -2.20. The Hall–Kier alpha value is -2.11. The summed E-state index contributed by atoms with van der Waals surface area (Å²) < 4.78 is 0. The monoisotopic (exact) mass is 260 g/mol. The van der Waals surface area contributed by atoms with Gasteiger partial charge in [-0.3, -0.25) is 9.69 Å². The van der Waals surface area contributed by atoms with Crippen molar-refractivity contribution in [1.82, 2.24) is 15.2 Å². The number of nitrogen functional groups attached to an aromatic ring is 1. The van der Waals surface area contributed by atoms with Gasteiger partial charge in [-0.25, -0.2) is 9.78 Å². The van der Waals surface area contributed by atoms with Crippen LogP contribution < -0.4 is 11.1 Å². The molecule has 2 heterocycles. The van der Waals surface area contributed by atoms with Crippen molar-refractivity contribution >= 4 is 17.8 Å². The molecule has 2 aliphatic rings. The first-order valence-electron chi connectivity index (χ1n) is 6.45. The molecule has 3 N–H and O–H groups in total. The Labute approximate surface area is 111 Å². The van der Waals surface area contributed by atoms with Gasteiger partial charge in [0.15, 0.2) is 0 Å². The molecule has 1 aromatic heterocycles. The average molecular weight is 260 g/mol. The van der Waals surface area contributed by atoms with Gasteiger partial charge in [-0.15, -0.1) is 0 Å². The summed E-state index contributed by atoms with van der Waals surface area (Å²) in [6, 6.07) is 3.14. The van der Waals surface area contributed by atoms with Gasteiger partial charge in [0.25, 0.3) is 5.91 Å². The van der Waals surface area contributed by atoms with Crippen LogP contribution in [0.5, 0.6) is 0 Å². The molecule has 6 nitrogen and oxygen atoms in total. The molecule has 1 spiro atoms. The number of pyridine rings is 1. The molecule has 0 radical (unpaired) electrons. The van der Waals surface area contributed by atoms with E-state index in [4.69, 9.17) is 5.73 Å². The zero-order chi connectivity index (χ0) is 13.5. The second-order valence-electron chi connectivity index (χ2n) is 5.20. The van der Waals surface area contributed by atoms with Crippen molar-refractivity contribution in [1.29, 1.82) is 0 Å². The Morgan fingerprint density at radius 1 is 1.37 bits per heavy atom. The van der Waals surface area contributed by atoms with Crippen molar-refractivity contribution < 1.29 is 9.59 Å². The first-order valence-corrected chi connectivity index (χ1v) is 6.45. The number of nitrogens with zero attached hydrogens (tertiary/aromatic N) is 2. The number of hydrogen-bond donors (Lipinski definition) is 2. The number of aromatic nitrogens is 1. The van der Waals surface area contributed by atoms with Crippen molar-refractivity contribution in [3.8, 4) is 0 Å².